The molecule has 1 amide bonds. The number of nitrogen functional groups attached to an aromatic ring is 1. The van der Waals surface area contributed by atoms with Crippen LogP contribution in [-0.2, 0) is 0 Å². The highest BCUT2D eigenvalue weighted by Crippen LogP contribution is 2.29. The Bertz CT molecular complexity index is 568. The van der Waals surface area contributed by atoms with E-state index in [1.165, 1.54) is 11.9 Å². The number of non-ortho nitro benzene ring substituents is 1. The first-order valence-corrected chi connectivity index (χ1v) is 5.62. The fourth-order valence-corrected chi connectivity index (χ4v) is 1.62. The third kappa shape index (κ3) is 3.33. The molecule has 1 aromatic carbocycles. The summed E-state index contributed by atoms with van der Waals surface area (Å²) in [6.45, 7) is 0.203. The third-order valence-electron chi connectivity index (χ3n) is 2.46. The van der Waals surface area contributed by atoms with E-state index in [-0.39, 0.29) is 34.9 Å². The van der Waals surface area contributed by atoms with Crippen molar-refractivity contribution in [2.24, 2.45) is 0 Å². The Hall–Kier alpha value is -2.33. The van der Waals surface area contributed by atoms with Gasteiger partial charge in [0.15, 0.2) is 0 Å². The van der Waals surface area contributed by atoms with Crippen LogP contribution in [-0.4, -0.2) is 29.3 Å². The lowest BCUT2D eigenvalue weighted by atomic mass is 10.1. The normalized spacial score (nSPS) is 9.74. The highest BCUT2D eigenvalue weighted by Gasteiger charge is 2.21. The van der Waals surface area contributed by atoms with Crippen LogP contribution in [0.1, 0.15) is 16.8 Å². The minimum atomic E-state index is -0.655. The Kier molecular flexibility index (Phi) is 4.67. The minimum absolute atomic E-state index is 0.0129. The molecule has 0 aromatic heterocycles. The molecule has 2 N–H and O–H groups in total. The molecule has 7 nitrogen and oxygen atoms in total. The number of anilines is 1. The third-order valence-corrected chi connectivity index (χ3v) is 2.77. The van der Waals surface area contributed by atoms with E-state index in [0.717, 1.165) is 12.1 Å². The second kappa shape index (κ2) is 6.02. The number of hydrogen-bond acceptors (Lipinski definition) is 5. The van der Waals surface area contributed by atoms with Crippen molar-refractivity contribution in [3.8, 4) is 6.07 Å². The Morgan fingerprint density at radius 3 is 2.79 bits per heavy atom. The molecule has 8 heteroatoms. The van der Waals surface area contributed by atoms with Gasteiger partial charge in [-0.1, -0.05) is 11.6 Å². The van der Waals surface area contributed by atoms with Crippen LogP contribution in [0.4, 0.5) is 11.4 Å². The maximum atomic E-state index is 12.1. The molecule has 1 aromatic rings. The molecule has 0 aliphatic rings. The number of carbonyl (C=O) groups is 1. The smallest absolute Gasteiger partial charge is 0.271 e. The lowest BCUT2D eigenvalue weighted by Gasteiger charge is -2.16. The van der Waals surface area contributed by atoms with E-state index in [0.29, 0.717) is 0 Å². The monoisotopic (exact) mass is 282 g/mol. The van der Waals surface area contributed by atoms with Crippen molar-refractivity contribution >= 4 is 28.9 Å². The molecule has 0 saturated carbocycles. The lowest BCUT2D eigenvalue weighted by molar-refractivity contribution is -0.384. The Balaban J connectivity index is 3.15. The number of hydrogen-bond donors (Lipinski definition) is 1. The van der Waals surface area contributed by atoms with E-state index in [9.17, 15) is 14.9 Å². The predicted octanol–water partition coefficient (Wildman–Crippen LogP) is 1.82. The molecule has 0 unspecified atom stereocenters. The van der Waals surface area contributed by atoms with E-state index in [4.69, 9.17) is 22.6 Å². The molecule has 0 atom stereocenters. The van der Waals surface area contributed by atoms with Crippen LogP contribution in [0.2, 0.25) is 5.02 Å². The summed E-state index contributed by atoms with van der Waals surface area (Å²) in [5.41, 5.74) is 5.29. The molecule has 0 spiro atoms. The van der Waals surface area contributed by atoms with Gasteiger partial charge in [0, 0.05) is 25.7 Å². The second-order valence-electron chi connectivity index (χ2n) is 3.78. The number of rotatable bonds is 4. The van der Waals surface area contributed by atoms with Crippen LogP contribution in [0.15, 0.2) is 12.1 Å². The van der Waals surface area contributed by atoms with Gasteiger partial charge in [0.2, 0.25) is 0 Å². The zero-order valence-corrected chi connectivity index (χ0v) is 10.8. The van der Waals surface area contributed by atoms with Gasteiger partial charge < -0.3 is 10.6 Å². The van der Waals surface area contributed by atoms with Crippen molar-refractivity contribution in [1.29, 1.82) is 5.26 Å². The Morgan fingerprint density at radius 1 is 1.63 bits per heavy atom. The maximum Gasteiger partial charge on any atom is 0.271 e. The van der Waals surface area contributed by atoms with Gasteiger partial charge in [-0.15, -0.1) is 0 Å². The number of amides is 1. The average molecular weight is 283 g/mol. The summed E-state index contributed by atoms with van der Waals surface area (Å²) < 4.78 is 0. The summed E-state index contributed by atoms with van der Waals surface area (Å²) in [6.07, 6.45) is 0.158. The van der Waals surface area contributed by atoms with Crippen molar-refractivity contribution < 1.29 is 9.72 Å². The van der Waals surface area contributed by atoms with Gasteiger partial charge in [-0.2, -0.15) is 5.26 Å². The number of nitriles is 1. The van der Waals surface area contributed by atoms with E-state index in [1.54, 1.807) is 0 Å². The summed E-state index contributed by atoms with van der Waals surface area (Å²) in [6, 6.07) is 4.06. The summed E-state index contributed by atoms with van der Waals surface area (Å²) in [4.78, 5) is 23.4. The summed E-state index contributed by atoms with van der Waals surface area (Å²) in [5, 5.41) is 19.1. The zero-order chi connectivity index (χ0) is 14.6. The SMILES string of the molecule is CN(CCC#N)C(=O)c1cc([N+](=O)[O-])cc(Cl)c1N. The van der Waals surface area contributed by atoms with Crippen molar-refractivity contribution in [2.75, 3.05) is 19.3 Å². The minimum Gasteiger partial charge on any atom is -0.397 e. The molecule has 19 heavy (non-hydrogen) atoms. The highest BCUT2D eigenvalue weighted by atomic mass is 35.5. The van der Waals surface area contributed by atoms with E-state index < -0.39 is 10.8 Å². The topological polar surface area (TPSA) is 113 Å². The van der Waals surface area contributed by atoms with Gasteiger partial charge in [0.25, 0.3) is 11.6 Å². The van der Waals surface area contributed by atoms with E-state index in [1.807, 2.05) is 6.07 Å². The average Bonchev–Trinajstić information content (AvgIpc) is 2.37. The highest BCUT2D eigenvalue weighted by molar-refractivity contribution is 6.34. The van der Waals surface area contributed by atoms with Crippen LogP contribution in [0.3, 0.4) is 0 Å². The molecular weight excluding hydrogens is 272 g/mol. The van der Waals surface area contributed by atoms with Crippen molar-refractivity contribution in [1.82, 2.24) is 4.90 Å². The van der Waals surface area contributed by atoms with E-state index in [2.05, 4.69) is 0 Å². The number of nitro benzene ring substituents is 1. The Morgan fingerprint density at radius 2 is 2.26 bits per heavy atom. The van der Waals surface area contributed by atoms with Gasteiger partial charge in [0.05, 0.1) is 33.7 Å². The largest absolute Gasteiger partial charge is 0.397 e. The number of benzene rings is 1. The van der Waals surface area contributed by atoms with Crippen LogP contribution in [0, 0.1) is 21.4 Å². The fraction of sp³-hybridized carbons (Fsp3) is 0.273. The number of nitrogens with zero attached hydrogens (tertiary/aromatic N) is 3. The van der Waals surface area contributed by atoms with Gasteiger partial charge in [-0.3, -0.25) is 14.9 Å². The van der Waals surface area contributed by atoms with Crippen LogP contribution < -0.4 is 5.73 Å². The standard InChI is InChI=1S/C11H11ClN4O3/c1-15(4-2-3-13)11(17)8-5-7(16(18)19)6-9(12)10(8)14/h5-6H,2,4,14H2,1H3. The molecule has 0 heterocycles. The maximum absolute atomic E-state index is 12.1. The molecule has 100 valence electrons. The number of halogens is 1. The van der Waals surface area contributed by atoms with Gasteiger partial charge in [-0.25, -0.2) is 0 Å². The molecule has 0 radical (unpaired) electrons. The van der Waals surface area contributed by atoms with Gasteiger partial charge in [0.1, 0.15) is 0 Å². The first kappa shape index (κ1) is 14.7. The van der Waals surface area contributed by atoms with Crippen molar-refractivity contribution in [2.45, 2.75) is 6.42 Å². The van der Waals surface area contributed by atoms with Gasteiger partial charge >= 0.3 is 0 Å². The molecule has 0 bridgehead atoms. The quantitative estimate of drug-likeness (QED) is 0.514. The first-order chi connectivity index (χ1) is 8.88. The summed E-state index contributed by atoms with van der Waals surface area (Å²) >= 11 is 5.76. The number of nitrogens with two attached hydrogens (primary N) is 1. The molecule has 0 fully saturated rings. The second-order valence-corrected chi connectivity index (χ2v) is 4.19. The fourth-order valence-electron chi connectivity index (χ4n) is 1.41. The summed E-state index contributed by atoms with van der Waals surface area (Å²) in [5.74, 6) is -0.515. The van der Waals surface area contributed by atoms with E-state index >= 15 is 0 Å². The van der Waals surface area contributed by atoms with Crippen LogP contribution in [0.25, 0.3) is 0 Å². The molecule has 1 rings (SSSR count). The van der Waals surface area contributed by atoms with Crippen molar-refractivity contribution in [3.05, 3.63) is 32.8 Å². The summed E-state index contributed by atoms with van der Waals surface area (Å²) in [7, 11) is 1.48. The first-order valence-electron chi connectivity index (χ1n) is 5.24. The molecule has 0 aliphatic carbocycles. The predicted molar refractivity (Wildman–Crippen MR) is 69.7 cm³/mol. The van der Waals surface area contributed by atoms with Gasteiger partial charge in [-0.05, 0) is 0 Å². The number of nitro groups is 1. The molecule has 0 saturated heterocycles. The van der Waals surface area contributed by atoms with Crippen LogP contribution in [0.5, 0.6) is 0 Å². The molecular formula is C11H11ClN4O3. The van der Waals surface area contributed by atoms with Crippen LogP contribution >= 0.6 is 11.6 Å². The number of carbonyl (C=O) groups excluding carboxylic acids is 1. The Labute approximate surface area is 114 Å². The van der Waals surface area contributed by atoms with Crippen molar-refractivity contribution in [3.63, 3.8) is 0 Å². The lowest BCUT2D eigenvalue weighted by Crippen LogP contribution is -2.28. The molecule has 0 aliphatic heterocycles. The zero-order valence-electron chi connectivity index (χ0n) is 10.1.